The van der Waals surface area contributed by atoms with Gasteiger partial charge in [0, 0.05) is 23.8 Å². The number of carbonyl (C=O) groups is 2. The first-order valence-corrected chi connectivity index (χ1v) is 8.32. The first-order valence-electron chi connectivity index (χ1n) is 7.53. The average Bonchev–Trinajstić information content (AvgIpc) is 2.47. The fraction of sp³-hybridized carbons (Fsp3) is 0.529. The summed E-state index contributed by atoms with van der Waals surface area (Å²) in [6.07, 6.45) is 1.95. The molecule has 1 rings (SSSR count). The van der Waals surface area contributed by atoms with Crippen molar-refractivity contribution in [1.29, 1.82) is 0 Å². The molecule has 0 spiro atoms. The van der Waals surface area contributed by atoms with Gasteiger partial charge in [0.2, 0.25) is 11.8 Å². The maximum Gasteiger partial charge on any atom is 0.239 e. The van der Waals surface area contributed by atoms with Crippen molar-refractivity contribution in [3.63, 3.8) is 0 Å². The average molecular weight is 369 g/mol. The van der Waals surface area contributed by atoms with Crippen LogP contribution in [0.4, 0.5) is 5.69 Å². The third-order valence-electron chi connectivity index (χ3n) is 3.73. The molecule has 1 aromatic carbocycles. The SMILES string of the molecule is CCCCN(C)C(=O)C(C)(C)C(=O)Nc1ccc(C)c(Br)c1. The molecular weight excluding hydrogens is 344 g/mol. The van der Waals surface area contributed by atoms with Crippen LogP contribution in [-0.2, 0) is 9.59 Å². The standard InChI is InChI=1S/C17H25BrN2O2/c1-6-7-10-20(5)16(22)17(3,4)15(21)19-13-9-8-12(2)14(18)11-13/h8-9,11H,6-7,10H2,1-5H3,(H,19,21). The zero-order valence-electron chi connectivity index (χ0n) is 14.0. The van der Waals surface area contributed by atoms with Gasteiger partial charge in [0.1, 0.15) is 5.41 Å². The van der Waals surface area contributed by atoms with Crippen LogP contribution in [0.3, 0.4) is 0 Å². The lowest BCUT2D eigenvalue weighted by atomic mass is 9.90. The van der Waals surface area contributed by atoms with Crippen molar-refractivity contribution in [3.8, 4) is 0 Å². The lowest BCUT2D eigenvalue weighted by Crippen LogP contribution is -2.46. The molecule has 4 nitrogen and oxygen atoms in total. The highest BCUT2D eigenvalue weighted by Gasteiger charge is 2.38. The van der Waals surface area contributed by atoms with Gasteiger partial charge in [-0.25, -0.2) is 0 Å². The molecule has 0 aliphatic rings. The Labute approximate surface area is 141 Å². The summed E-state index contributed by atoms with van der Waals surface area (Å²) in [4.78, 5) is 26.6. The second-order valence-electron chi connectivity index (χ2n) is 6.12. The Kier molecular flexibility index (Phi) is 6.60. The highest BCUT2D eigenvalue weighted by molar-refractivity contribution is 9.10. The maximum absolute atomic E-state index is 12.5. The van der Waals surface area contributed by atoms with Crippen LogP contribution in [0.2, 0.25) is 0 Å². The number of nitrogens with one attached hydrogen (secondary N) is 1. The van der Waals surface area contributed by atoms with Crippen LogP contribution >= 0.6 is 15.9 Å². The fourth-order valence-electron chi connectivity index (χ4n) is 2.03. The van der Waals surface area contributed by atoms with Gasteiger partial charge in [-0.3, -0.25) is 9.59 Å². The van der Waals surface area contributed by atoms with Crippen molar-refractivity contribution in [2.45, 2.75) is 40.5 Å². The van der Waals surface area contributed by atoms with Crippen LogP contribution in [0.15, 0.2) is 22.7 Å². The number of unbranched alkanes of at least 4 members (excludes halogenated alkanes) is 1. The van der Waals surface area contributed by atoms with Crippen molar-refractivity contribution in [2.24, 2.45) is 5.41 Å². The first kappa shape index (κ1) is 18.7. The quantitative estimate of drug-likeness (QED) is 0.771. The van der Waals surface area contributed by atoms with E-state index in [1.165, 1.54) is 0 Å². The summed E-state index contributed by atoms with van der Waals surface area (Å²) in [5, 5.41) is 2.83. The van der Waals surface area contributed by atoms with Gasteiger partial charge in [0.25, 0.3) is 0 Å². The number of aryl methyl sites for hydroxylation is 1. The molecule has 0 atom stereocenters. The largest absolute Gasteiger partial charge is 0.345 e. The van der Waals surface area contributed by atoms with Gasteiger partial charge in [-0.15, -0.1) is 0 Å². The number of hydrogen-bond donors (Lipinski definition) is 1. The predicted octanol–water partition coefficient (Wildman–Crippen LogP) is 3.98. The summed E-state index contributed by atoms with van der Waals surface area (Å²) in [6.45, 7) is 8.05. The van der Waals surface area contributed by atoms with E-state index in [1.54, 1.807) is 25.8 Å². The molecule has 22 heavy (non-hydrogen) atoms. The molecule has 0 unspecified atom stereocenters. The number of benzene rings is 1. The van der Waals surface area contributed by atoms with E-state index in [4.69, 9.17) is 0 Å². The molecule has 0 radical (unpaired) electrons. The van der Waals surface area contributed by atoms with Gasteiger partial charge in [0.05, 0.1) is 0 Å². The molecule has 0 aliphatic heterocycles. The third kappa shape index (κ3) is 4.57. The summed E-state index contributed by atoms with van der Waals surface area (Å²) in [7, 11) is 1.75. The minimum absolute atomic E-state index is 0.162. The number of nitrogens with zero attached hydrogens (tertiary/aromatic N) is 1. The molecule has 5 heteroatoms. The van der Waals surface area contributed by atoms with E-state index >= 15 is 0 Å². The van der Waals surface area contributed by atoms with E-state index in [0.29, 0.717) is 12.2 Å². The van der Waals surface area contributed by atoms with Crippen LogP contribution in [-0.4, -0.2) is 30.3 Å². The Balaban J connectivity index is 2.80. The second kappa shape index (κ2) is 7.77. The van der Waals surface area contributed by atoms with E-state index in [1.807, 2.05) is 25.1 Å². The van der Waals surface area contributed by atoms with Crippen molar-refractivity contribution in [3.05, 3.63) is 28.2 Å². The number of anilines is 1. The molecule has 1 N–H and O–H groups in total. The Bertz CT molecular complexity index is 556. The monoisotopic (exact) mass is 368 g/mol. The zero-order chi connectivity index (χ0) is 16.9. The van der Waals surface area contributed by atoms with Crippen molar-refractivity contribution >= 4 is 33.4 Å². The van der Waals surface area contributed by atoms with E-state index in [2.05, 4.69) is 28.2 Å². The molecule has 0 aliphatic carbocycles. The van der Waals surface area contributed by atoms with E-state index in [-0.39, 0.29) is 11.8 Å². The Morgan fingerprint density at radius 1 is 1.32 bits per heavy atom. The molecule has 2 amide bonds. The Morgan fingerprint density at radius 3 is 2.50 bits per heavy atom. The van der Waals surface area contributed by atoms with E-state index < -0.39 is 5.41 Å². The number of carbonyl (C=O) groups excluding carboxylic acids is 2. The van der Waals surface area contributed by atoms with Gasteiger partial charge < -0.3 is 10.2 Å². The summed E-state index contributed by atoms with van der Waals surface area (Å²) in [5.41, 5.74) is 0.673. The highest BCUT2D eigenvalue weighted by atomic mass is 79.9. The van der Waals surface area contributed by atoms with Crippen LogP contribution in [0.5, 0.6) is 0 Å². The number of rotatable bonds is 6. The smallest absolute Gasteiger partial charge is 0.239 e. The Hall–Kier alpha value is -1.36. The van der Waals surface area contributed by atoms with Crippen LogP contribution in [0, 0.1) is 12.3 Å². The summed E-state index contributed by atoms with van der Waals surface area (Å²) < 4.78 is 0.925. The lowest BCUT2D eigenvalue weighted by Gasteiger charge is -2.28. The Morgan fingerprint density at radius 2 is 1.95 bits per heavy atom. The molecule has 0 aromatic heterocycles. The fourth-order valence-corrected chi connectivity index (χ4v) is 2.41. The second-order valence-corrected chi connectivity index (χ2v) is 6.98. The van der Waals surface area contributed by atoms with E-state index in [0.717, 1.165) is 22.9 Å². The lowest BCUT2D eigenvalue weighted by molar-refractivity contribution is -0.145. The molecule has 0 saturated heterocycles. The normalized spacial score (nSPS) is 11.2. The van der Waals surface area contributed by atoms with Gasteiger partial charge in [-0.2, -0.15) is 0 Å². The van der Waals surface area contributed by atoms with Gasteiger partial charge in [0.15, 0.2) is 0 Å². The molecule has 122 valence electrons. The molecule has 1 aromatic rings. The topological polar surface area (TPSA) is 49.4 Å². The molecule has 0 saturated carbocycles. The summed E-state index contributed by atoms with van der Waals surface area (Å²) in [6, 6.07) is 5.59. The maximum atomic E-state index is 12.5. The highest BCUT2D eigenvalue weighted by Crippen LogP contribution is 2.24. The summed E-state index contributed by atoms with van der Waals surface area (Å²) >= 11 is 3.44. The van der Waals surface area contributed by atoms with Gasteiger partial charge in [-0.05, 0) is 44.9 Å². The summed E-state index contributed by atoms with van der Waals surface area (Å²) in [5.74, 6) is -0.457. The van der Waals surface area contributed by atoms with Crippen LogP contribution in [0.1, 0.15) is 39.2 Å². The molecule has 0 fully saturated rings. The number of amides is 2. The zero-order valence-corrected chi connectivity index (χ0v) is 15.6. The molecule has 0 heterocycles. The number of hydrogen-bond acceptors (Lipinski definition) is 2. The first-order chi connectivity index (χ1) is 10.2. The predicted molar refractivity (Wildman–Crippen MR) is 93.8 cm³/mol. The molecular formula is C17H25BrN2O2. The van der Waals surface area contributed by atoms with E-state index in [9.17, 15) is 9.59 Å². The van der Waals surface area contributed by atoms with Crippen molar-refractivity contribution in [1.82, 2.24) is 4.90 Å². The van der Waals surface area contributed by atoms with Crippen molar-refractivity contribution < 1.29 is 9.59 Å². The van der Waals surface area contributed by atoms with Gasteiger partial charge in [-0.1, -0.05) is 35.3 Å². The minimum Gasteiger partial charge on any atom is -0.345 e. The van der Waals surface area contributed by atoms with Crippen molar-refractivity contribution in [2.75, 3.05) is 18.9 Å². The third-order valence-corrected chi connectivity index (χ3v) is 4.58. The van der Waals surface area contributed by atoms with Crippen LogP contribution in [0.25, 0.3) is 0 Å². The number of halogens is 1. The minimum atomic E-state index is -1.10. The molecule has 0 bridgehead atoms. The van der Waals surface area contributed by atoms with Crippen LogP contribution < -0.4 is 5.32 Å². The van der Waals surface area contributed by atoms with Gasteiger partial charge >= 0.3 is 0 Å².